The minimum absolute atomic E-state index is 0.215. The van der Waals surface area contributed by atoms with E-state index >= 15 is 0 Å². The van der Waals surface area contributed by atoms with Crippen LogP contribution in [0.2, 0.25) is 0 Å². The van der Waals surface area contributed by atoms with E-state index in [-0.39, 0.29) is 5.56 Å². The normalized spacial score (nSPS) is 17.1. The average Bonchev–Trinajstić information content (AvgIpc) is 3.10. The van der Waals surface area contributed by atoms with Crippen LogP contribution < -0.4 is 20.2 Å². The molecule has 180 valence electrons. The number of carbonyl (C=O) groups excluding carboxylic acids is 3. The van der Waals surface area contributed by atoms with Gasteiger partial charge in [-0.2, -0.15) is 5.01 Å². The molecule has 1 aliphatic rings. The number of benzene rings is 3. The Kier molecular flexibility index (Phi) is 7.01. The lowest BCUT2D eigenvalue weighted by Crippen LogP contribution is -2.48. The molecule has 8 nitrogen and oxygen atoms in total. The van der Waals surface area contributed by atoms with Crippen LogP contribution in [0.1, 0.15) is 34.8 Å². The molecule has 1 heterocycles. The van der Waals surface area contributed by atoms with Crippen LogP contribution in [-0.4, -0.2) is 35.5 Å². The first-order valence-electron chi connectivity index (χ1n) is 11.3. The van der Waals surface area contributed by atoms with Crippen LogP contribution in [0.5, 0.6) is 11.5 Å². The SMILES string of the molecule is COc1cc(C(=O)NN2C(=O)N[C@@](C)(CCc3ccccc3)C2=O)ccc1OCc1ccccc1. The van der Waals surface area contributed by atoms with E-state index in [0.29, 0.717) is 30.9 Å². The lowest BCUT2D eigenvalue weighted by Gasteiger charge is -2.21. The number of hydrogen-bond acceptors (Lipinski definition) is 5. The van der Waals surface area contributed by atoms with Crippen LogP contribution in [0.3, 0.4) is 0 Å². The molecular formula is C27H27N3O5. The van der Waals surface area contributed by atoms with Crippen molar-refractivity contribution in [1.82, 2.24) is 15.8 Å². The number of hydrazine groups is 1. The number of carbonyl (C=O) groups is 3. The van der Waals surface area contributed by atoms with Gasteiger partial charge in [-0.25, -0.2) is 4.79 Å². The molecule has 4 amide bonds. The highest BCUT2D eigenvalue weighted by Gasteiger charge is 2.48. The molecule has 0 radical (unpaired) electrons. The second-order valence-electron chi connectivity index (χ2n) is 8.47. The van der Waals surface area contributed by atoms with Crippen LogP contribution in [0.15, 0.2) is 78.9 Å². The molecule has 4 rings (SSSR count). The summed E-state index contributed by atoms with van der Waals surface area (Å²) in [5.74, 6) is -0.301. The number of imide groups is 1. The van der Waals surface area contributed by atoms with Gasteiger partial charge in [0.1, 0.15) is 12.1 Å². The Morgan fingerprint density at radius 2 is 1.60 bits per heavy atom. The highest BCUT2D eigenvalue weighted by molar-refractivity contribution is 6.09. The van der Waals surface area contributed by atoms with E-state index in [1.54, 1.807) is 19.1 Å². The molecule has 1 aliphatic heterocycles. The Hall–Kier alpha value is -4.33. The number of rotatable bonds is 9. The summed E-state index contributed by atoms with van der Waals surface area (Å²) >= 11 is 0. The van der Waals surface area contributed by atoms with E-state index in [1.165, 1.54) is 13.2 Å². The van der Waals surface area contributed by atoms with Crippen molar-refractivity contribution >= 4 is 17.8 Å². The zero-order valence-corrected chi connectivity index (χ0v) is 19.6. The third kappa shape index (κ3) is 5.43. The van der Waals surface area contributed by atoms with Crippen molar-refractivity contribution in [2.75, 3.05) is 7.11 Å². The van der Waals surface area contributed by atoms with Gasteiger partial charge in [0.25, 0.3) is 11.8 Å². The fourth-order valence-electron chi connectivity index (χ4n) is 3.82. The highest BCUT2D eigenvalue weighted by atomic mass is 16.5. The van der Waals surface area contributed by atoms with Crippen molar-refractivity contribution in [1.29, 1.82) is 0 Å². The molecule has 2 N–H and O–H groups in total. The van der Waals surface area contributed by atoms with E-state index in [4.69, 9.17) is 9.47 Å². The molecule has 0 saturated carbocycles. The van der Waals surface area contributed by atoms with Crippen LogP contribution >= 0.6 is 0 Å². The van der Waals surface area contributed by atoms with E-state index in [2.05, 4.69) is 10.7 Å². The number of amides is 4. The summed E-state index contributed by atoms with van der Waals surface area (Å²) in [4.78, 5) is 38.4. The fourth-order valence-corrected chi connectivity index (χ4v) is 3.82. The van der Waals surface area contributed by atoms with Crippen molar-refractivity contribution in [3.63, 3.8) is 0 Å². The summed E-state index contributed by atoms with van der Waals surface area (Å²) in [5, 5.41) is 3.43. The van der Waals surface area contributed by atoms with Gasteiger partial charge < -0.3 is 14.8 Å². The summed E-state index contributed by atoms with van der Waals surface area (Å²) in [6.45, 7) is 2.00. The average molecular weight is 474 g/mol. The first-order valence-corrected chi connectivity index (χ1v) is 11.3. The van der Waals surface area contributed by atoms with Crippen molar-refractivity contribution in [2.24, 2.45) is 0 Å². The Labute approximate surface area is 203 Å². The Morgan fingerprint density at radius 1 is 0.943 bits per heavy atom. The molecule has 1 saturated heterocycles. The summed E-state index contributed by atoms with van der Waals surface area (Å²) in [6.07, 6.45) is 1.00. The summed E-state index contributed by atoms with van der Waals surface area (Å²) < 4.78 is 11.2. The van der Waals surface area contributed by atoms with E-state index in [0.717, 1.165) is 16.1 Å². The monoisotopic (exact) mass is 473 g/mol. The first-order chi connectivity index (χ1) is 16.9. The molecular weight excluding hydrogens is 446 g/mol. The van der Waals surface area contributed by atoms with Gasteiger partial charge in [-0.1, -0.05) is 60.7 Å². The number of methoxy groups -OCH3 is 1. The number of aryl methyl sites for hydroxylation is 1. The van der Waals surface area contributed by atoms with Gasteiger partial charge >= 0.3 is 6.03 Å². The minimum Gasteiger partial charge on any atom is -0.493 e. The van der Waals surface area contributed by atoms with Gasteiger partial charge in [0.15, 0.2) is 11.5 Å². The minimum atomic E-state index is -1.12. The predicted molar refractivity (Wildman–Crippen MR) is 130 cm³/mol. The molecule has 1 fully saturated rings. The second kappa shape index (κ2) is 10.3. The third-order valence-electron chi connectivity index (χ3n) is 5.89. The summed E-state index contributed by atoms with van der Waals surface area (Å²) in [5.41, 5.74) is 3.56. The number of nitrogens with zero attached hydrogens (tertiary/aromatic N) is 1. The first kappa shape index (κ1) is 23.8. The zero-order chi connectivity index (χ0) is 24.8. The quantitative estimate of drug-likeness (QED) is 0.460. The maximum absolute atomic E-state index is 13.0. The lowest BCUT2D eigenvalue weighted by molar-refractivity contribution is -0.132. The maximum atomic E-state index is 13.0. The van der Waals surface area contributed by atoms with Gasteiger partial charge in [0.2, 0.25) is 0 Å². The van der Waals surface area contributed by atoms with Crippen molar-refractivity contribution in [3.05, 3.63) is 95.6 Å². The van der Waals surface area contributed by atoms with Crippen molar-refractivity contribution in [3.8, 4) is 11.5 Å². The van der Waals surface area contributed by atoms with Gasteiger partial charge in [-0.15, -0.1) is 0 Å². The summed E-state index contributed by atoms with van der Waals surface area (Å²) in [6, 6.07) is 23.3. The number of hydrogen-bond donors (Lipinski definition) is 2. The van der Waals surface area contributed by atoms with E-state index in [9.17, 15) is 14.4 Å². The molecule has 0 unspecified atom stereocenters. The Balaban J connectivity index is 1.41. The van der Waals surface area contributed by atoms with E-state index in [1.807, 2.05) is 60.7 Å². The van der Waals surface area contributed by atoms with Gasteiger partial charge in [-0.05, 0) is 49.1 Å². The van der Waals surface area contributed by atoms with E-state index < -0.39 is 23.4 Å². The molecule has 3 aromatic carbocycles. The van der Waals surface area contributed by atoms with Crippen LogP contribution in [0.25, 0.3) is 0 Å². The molecule has 0 bridgehead atoms. The topological polar surface area (TPSA) is 97.0 Å². The van der Waals surface area contributed by atoms with Crippen LogP contribution in [0.4, 0.5) is 4.79 Å². The Morgan fingerprint density at radius 3 is 2.26 bits per heavy atom. The smallest absolute Gasteiger partial charge is 0.344 e. The van der Waals surface area contributed by atoms with Gasteiger partial charge in [0.05, 0.1) is 7.11 Å². The lowest BCUT2D eigenvalue weighted by atomic mass is 9.93. The standard InChI is InChI=1S/C27H27N3O5/c1-27(16-15-19-9-5-3-6-10-19)25(32)30(26(33)28-27)29-24(31)21-13-14-22(23(17-21)34-2)35-18-20-11-7-4-8-12-20/h3-14,17H,15-16,18H2,1-2H3,(H,28,33)(H,29,31)/t27-/m0/s1. The zero-order valence-electron chi connectivity index (χ0n) is 19.6. The number of urea groups is 1. The van der Waals surface area contributed by atoms with Crippen LogP contribution in [-0.2, 0) is 17.8 Å². The molecule has 1 atom stereocenters. The molecule has 0 aliphatic carbocycles. The van der Waals surface area contributed by atoms with Gasteiger partial charge in [0, 0.05) is 5.56 Å². The largest absolute Gasteiger partial charge is 0.493 e. The van der Waals surface area contributed by atoms with Crippen molar-refractivity contribution in [2.45, 2.75) is 31.9 Å². The number of ether oxygens (including phenoxy) is 2. The fraction of sp³-hybridized carbons (Fsp3) is 0.222. The molecule has 8 heteroatoms. The maximum Gasteiger partial charge on any atom is 0.344 e. The highest BCUT2D eigenvalue weighted by Crippen LogP contribution is 2.29. The molecule has 35 heavy (non-hydrogen) atoms. The Bertz CT molecular complexity index is 1220. The van der Waals surface area contributed by atoms with Gasteiger partial charge in [-0.3, -0.25) is 15.0 Å². The molecule has 0 spiro atoms. The molecule has 3 aromatic rings. The van der Waals surface area contributed by atoms with Crippen molar-refractivity contribution < 1.29 is 23.9 Å². The third-order valence-corrected chi connectivity index (χ3v) is 5.89. The summed E-state index contributed by atoms with van der Waals surface area (Å²) in [7, 11) is 1.47. The number of nitrogens with one attached hydrogen (secondary N) is 2. The van der Waals surface area contributed by atoms with Crippen LogP contribution in [0, 0.1) is 0 Å². The second-order valence-corrected chi connectivity index (χ2v) is 8.47. The predicted octanol–water partition coefficient (Wildman–Crippen LogP) is 3.86. The molecule has 0 aromatic heterocycles.